The van der Waals surface area contributed by atoms with Crippen LogP contribution in [0, 0.1) is 0 Å². The first-order valence-corrected chi connectivity index (χ1v) is 7.66. The molecular weight excluding hydrogens is 332 g/mol. The van der Waals surface area contributed by atoms with Gasteiger partial charge in [0.1, 0.15) is 24.7 Å². The van der Waals surface area contributed by atoms with E-state index in [1.807, 2.05) is 36.4 Å². The molecule has 2 rings (SSSR count). The van der Waals surface area contributed by atoms with Crippen molar-refractivity contribution in [1.29, 1.82) is 0 Å². The molecule has 0 aliphatic carbocycles. The molecule has 0 atom stereocenters. The highest BCUT2D eigenvalue weighted by Gasteiger charge is 1.98. The molecule has 4 heteroatoms. The molecule has 2 aromatic carbocycles. The molecule has 0 amide bonds. The van der Waals surface area contributed by atoms with Crippen molar-refractivity contribution < 1.29 is 14.2 Å². The predicted octanol–water partition coefficient (Wildman–Crippen LogP) is 4.10. The van der Waals surface area contributed by atoms with Crippen molar-refractivity contribution in [1.82, 2.24) is 0 Å². The van der Waals surface area contributed by atoms with E-state index in [4.69, 9.17) is 14.2 Å². The van der Waals surface area contributed by atoms with Gasteiger partial charge < -0.3 is 14.2 Å². The first-order chi connectivity index (χ1) is 10.3. The largest absolute Gasteiger partial charge is 0.490 e. The van der Waals surface area contributed by atoms with E-state index >= 15 is 0 Å². The van der Waals surface area contributed by atoms with Gasteiger partial charge in [-0.05, 0) is 42.3 Å². The van der Waals surface area contributed by atoms with Crippen molar-refractivity contribution in [2.75, 3.05) is 26.9 Å². The maximum Gasteiger partial charge on any atom is 0.122 e. The summed E-state index contributed by atoms with van der Waals surface area (Å²) in [6.45, 7) is 1.77. The van der Waals surface area contributed by atoms with Crippen LogP contribution in [0.5, 0.6) is 11.5 Å². The molecule has 3 nitrogen and oxygen atoms in total. The summed E-state index contributed by atoms with van der Waals surface area (Å²) in [5, 5.41) is 0. The SMILES string of the molecule is COCCc1ccc(OCCOc2cccc(Br)c2)cc1. The Balaban J connectivity index is 1.71. The Morgan fingerprint density at radius 1 is 0.857 bits per heavy atom. The molecule has 0 aromatic heterocycles. The standard InChI is InChI=1S/C17H19BrO3/c1-19-10-9-14-5-7-16(8-6-14)20-11-12-21-17-4-2-3-15(18)13-17/h2-8,13H,9-12H2,1H3. The minimum absolute atomic E-state index is 0.516. The minimum Gasteiger partial charge on any atom is -0.490 e. The van der Waals surface area contributed by atoms with Crippen molar-refractivity contribution in [2.45, 2.75) is 6.42 Å². The van der Waals surface area contributed by atoms with Gasteiger partial charge in [-0.15, -0.1) is 0 Å². The van der Waals surface area contributed by atoms with Crippen LogP contribution in [0.3, 0.4) is 0 Å². The third-order valence-corrected chi connectivity index (χ3v) is 3.43. The second-order valence-corrected chi connectivity index (χ2v) is 5.46. The highest BCUT2D eigenvalue weighted by molar-refractivity contribution is 9.10. The molecule has 0 unspecified atom stereocenters. The van der Waals surface area contributed by atoms with E-state index in [-0.39, 0.29) is 0 Å². The Labute approximate surface area is 134 Å². The highest BCUT2D eigenvalue weighted by Crippen LogP contribution is 2.18. The minimum atomic E-state index is 0.516. The Morgan fingerprint density at radius 3 is 2.24 bits per heavy atom. The number of rotatable bonds is 8. The van der Waals surface area contributed by atoms with Gasteiger partial charge in [0.25, 0.3) is 0 Å². The van der Waals surface area contributed by atoms with Crippen LogP contribution in [0.2, 0.25) is 0 Å². The molecule has 0 saturated heterocycles. The average molecular weight is 351 g/mol. The van der Waals surface area contributed by atoms with Gasteiger partial charge >= 0.3 is 0 Å². The van der Waals surface area contributed by atoms with Crippen LogP contribution in [-0.2, 0) is 11.2 Å². The molecule has 0 bridgehead atoms. The fourth-order valence-electron chi connectivity index (χ4n) is 1.85. The summed E-state index contributed by atoms with van der Waals surface area (Å²) in [7, 11) is 1.71. The smallest absolute Gasteiger partial charge is 0.122 e. The molecule has 0 fully saturated rings. The lowest BCUT2D eigenvalue weighted by molar-refractivity contribution is 0.202. The molecule has 2 aromatic rings. The van der Waals surface area contributed by atoms with Crippen LogP contribution in [0.15, 0.2) is 53.0 Å². The Bertz CT molecular complexity index is 540. The molecular formula is C17H19BrO3. The van der Waals surface area contributed by atoms with E-state index in [9.17, 15) is 0 Å². The third kappa shape index (κ3) is 5.78. The summed E-state index contributed by atoms with van der Waals surface area (Å²) >= 11 is 3.41. The zero-order valence-corrected chi connectivity index (χ0v) is 13.6. The van der Waals surface area contributed by atoms with E-state index in [1.54, 1.807) is 7.11 Å². The zero-order chi connectivity index (χ0) is 14.9. The van der Waals surface area contributed by atoms with E-state index < -0.39 is 0 Å². The molecule has 112 valence electrons. The molecule has 0 N–H and O–H groups in total. The number of halogens is 1. The molecule has 0 heterocycles. The molecule has 0 aliphatic rings. The summed E-state index contributed by atoms with van der Waals surface area (Å²) in [6.07, 6.45) is 0.919. The first kappa shape index (κ1) is 15.9. The first-order valence-electron chi connectivity index (χ1n) is 6.87. The normalized spacial score (nSPS) is 10.4. The van der Waals surface area contributed by atoms with E-state index in [1.165, 1.54) is 5.56 Å². The fraction of sp³-hybridized carbons (Fsp3) is 0.294. The number of hydrogen-bond acceptors (Lipinski definition) is 3. The van der Waals surface area contributed by atoms with E-state index in [2.05, 4.69) is 28.1 Å². The van der Waals surface area contributed by atoms with Gasteiger partial charge in [0.05, 0.1) is 6.61 Å². The number of ether oxygens (including phenoxy) is 3. The van der Waals surface area contributed by atoms with Crippen LogP contribution in [-0.4, -0.2) is 26.9 Å². The van der Waals surface area contributed by atoms with Crippen molar-refractivity contribution in [3.63, 3.8) is 0 Å². The second kappa shape index (κ2) is 8.70. The second-order valence-electron chi connectivity index (χ2n) is 4.54. The average Bonchev–Trinajstić information content (AvgIpc) is 2.51. The molecule has 21 heavy (non-hydrogen) atoms. The van der Waals surface area contributed by atoms with Gasteiger partial charge in [-0.3, -0.25) is 0 Å². The van der Waals surface area contributed by atoms with Crippen LogP contribution in [0.25, 0.3) is 0 Å². The van der Waals surface area contributed by atoms with Crippen LogP contribution in [0.1, 0.15) is 5.56 Å². The van der Waals surface area contributed by atoms with Crippen LogP contribution < -0.4 is 9.47 Å². The highest BCUT2D eigenvalue weighted by atomic mass is 79.9. The van der Waals surface area contributed by atoms with Crippen molar-refractivity contribution in [3.05, 3.63) is 58.6 Å². The fourth-order valence-corrected chi connectivity index (χ4v) is 2.23. The number of methoxy groups -OCH3 is 1. The summed E-state index contributed by atoms with van der Waals surface area (Å²) in [5.74, 6) is 1.69. The molecule has 0 aliphatic heterocycles. The number of benzene rings is 2. The third-order valence-electron chi connectivity index (χ3n) is 2.94. The quantitative estimate of drug-likeness (QED) is 0.671. The summed E-state index contributed by atoms with van der Waals surface area (Å²) in [4.78, 5) is 0. The molecule has 0 radical (unpaired) electrons. The van der Waals surface area contributed by atoms with E-state index in [0.29, 0.717) is 13.2 Å². The zero-order valence-electron chi connectivity index (χ0n) is 12.0. The predicted molar refractivity (Wildman–Crippen MR) is 87.2 cm³/mol. The van der Waals surface area contributed by atoms with Gasteiger partial charge in [-0.25, -0.2) is 0 Å². The summed E-state index contributed by atoms with van der Waals surface area (Å²) < 4.78 is 17.3. The maximum atomic E-state index is 5.65. The van der Waals surface area contributed by atoms with Gasteiger partial charge in [0.15, 0.2) is 0 Å². The Kier molecular flexibility index (Phi) is 6.57. The molecule has 0 spiro atoms. The van der Waals surface area contributed by atoms with E-state index in [0.717, 1.165) is 29.0 Å². The monoisotopic (exact) mass is 350 g/mol. The topological polar surface area (TPSA) is 27.7 Å². The maximum absolute atomic E-state index is 5.65. The lowest BCUT2D eigenvalue weighted by atomic mass is 10.1. The number of hydrogen-bond donors (Lipinski definition) is 0. The van der Waals surface area contributed by atoms with Gasteiger partial charge in [-0.2, -0.15) is 0 Å². The van der Waals surface area contributed by atoms with Gasteiger partial charge in [0.2, 0.25) is 0 Å². The molecule has 0 saturated carbocycles. The van der Waals surface area contributed by atoms with Crippen LogP contribution in [0.4, 0.5) is 0 Å². The Hall–Kier alpha value is -1.52. The van der Waals surface area contributed by atoms with Crippen molar-refractivity contribution in [3.8, 4) is 11.5 Å². The summed E-state index contributed by atoms with van der Waals surface area (Å²) in [5.41, 5.74) is 1.24. The van der Waals surface area contributed by atoms with Gasteiger partial charge in [0, 0.05) is 11.6 Å². The van der Waals surface area contributed by atoms with Crippen LogP contribution >= 0.6 is 15.9 Å². The Morgan fingerprint density at radius 2 is 1.57 bits per heavy atom. The van der Waals surface area contributed by atoms with Gasteiger partial charge in [-0.1, -0.05) is 34.1 Å². The van der Waals surface area contributed by atoms with Crippen molar-refractivity contribution in [2.24, 2.45) is 0 Å². The summed E-state index contributed by atoms with van der Waals surface area (Å²) in [6, 6.07) is 15.8. The van der Waals surface area contributed by atoms with Crippen molar-refractivity contribution >= 4 is 15.9 Å². The lowest BCUT2D eigenvalue weighted by Crippen LogP contribution is -2.09. The lowest BCUT2D eigenvalue weighted by Gasteiger charge is -2.09.